The molecule has 1 aromatic rings. The van der Waals surface area contributed by atoms with E-state index in [1.165, 1.54) is 0 Å². The molecule has 0 bridgehead atoms. The van der Waals surface area contributed by atoms with Gasteiger partial charge in [-0.25, -0.2) is 0 Å². The van der Waals surface area contributed by atoms with Crippen LogP contribution >= 0.6 is 11.8 Å². The molecule has 2 aliphatic heterocycles. The second-order valence-electron chi connectivity index (χ2n) is 5.89. The number of rotatable bonds is 5. The Kier molecular flexibility index (Phi) is 5.67. The van der Waals surface area contributed by atoms with Crippen molar-refractivity contribution in [3.05, 3.63) is 18.2 Å². The largest absolute Gasteiger partial charge is 0.486 e. The Morgan fingerprint density at radius 1 is 1.26 bits per heavy atom. The summed E-state index contributed by atoms with van der Waals surface area (Å²) in [6.07, 6.45) is 2.68. The molecule has 1 N–H and O–H groups in total. The third-order valence-corrected chi connectivity index (χ3v) is 5.34. The molecule has 0 aliphatic carbocycles. The minimum Gasteiger partial charge on any atom is -0.486 e. The number of carbonyl (C=O) groups is 1. The van der Waals surface area contributed by atoms with Crippen LogP contribution < -0.4 is 14.8 Å². The quantitative estimate of drug-likeness (QED) is 0.835. The summed E-state index contributed by atoms with van der Waals surface area (Å²) in [7, 11) is 1.94. The van der Waals surface area contributed by atoms with Gasteiger partial charge in [0.25, 0.3) is 0 Å². The van der Waals surface area contributed by atoms with Gasteiger partial charge < -0.3 is 19.7 Å². The van der Waals surface area contributed by atoms with Crippen molar-refractivity contribution in [1.29, 1.82) is 0 Å². The van der Waals surface area contributed by atoms with Crippen LogP contribution in [0.15, 0.2) is 23.1 Å². The molecule has 1 fully saturated rings. The normalized spacial score (nSPS) is 17.8. The van der Waals surface area contributed by atoms with E-state index in [1.54, 1.807) is 11.8 Å². The van der Waals surface area contributed by atoms with Gasteiger partial charge in [-0.05, 0) is 44.1 Å². The second kappa shape index (κ2) is 7.93. The van der Waals surface area contributed by atoms with Gasteiger partial charge in [0.15, 0.2) is 11.5 Å². The number of carbonyl (C=O) groups excluding carboxylic acids is 1. The average Bonchev–Trinajstić information content (AvgIpc) is 2.61. The molecule has 23 heavy (non-hydrogen) atoms. The van der Waals surface area contributed by atoms with E-state index in [2.05, 4.69) is 5.32 Å². The van der Waals surface area contributed by atoms with Crippen LogP contribution in [-0.2, 0) is 4.79 Å². The number of amides is 1. The summed E-state index contributed by atoms with van der Waals surface area (Å²) in [5, 5.41) is 3.33. The van der Waals surface area contributed by atoms with Gasteiger partial charge in [0.1, 0.15) is 13.2 Å². The van der Waals surface area contributed by atoms with Crippen molar-refractivity contribution in [1.82, 2.24) is 10.2 Å². The molecule has 3 rings (SSSR count). The van der Waals surface area contributed by atoms with Gasteiger partial charge in [0, 0.05) is 30.2 Å². The average molecular weight is 336 g/mol. The summed E-state index contributed by atoms with van der Waals surface area (Å²) in [6, 6.07) is 6.36. The molecule has 5 nitrogen and oxygen atoms in total. The maximum atomic E-state index is 12.3. The summed E-state index contributed by atoms with van der Waals surface area (Å²) in [4.78, 5) is 15.4. The van der Waals surface area contributed by atoms with Gasteiger partial charge in [-0.3, -0.25) is 4.79 Å². The Hall–Kier alpha value is -1.40. The number of piperidine rings is 1. The van der Waals surface area contributed by atoms with Crippen molar-refractivity contribution < 1.29 is 14.3 Å². The first-order valence-corrected chi connectivity index (χ1v) is 9.21. The van der Waals surface area contributed by atoms with Crippen molar-refractivity contribution in [2.45, 2.75) is 30.2 Å². The number of benzene rings is 1. The summed E-state index contributed by atoms with van der Waals surface area (Å²) in [5.41, 5.74) is 0. The molecule has 126 valence electrons. The zero-order valence-corrected chi connectivity index (χ0v) is 14.4. The van der Waals surface area contributed by atoms with E-state index in [9.17, 15) is 4.79 Å². The Labute approximate surface area is 141 Å². The number of thioether (sulfide) groups is 1. The Bertz CT molecular complexity index is 547. The van der Waals surface area contributed by atoms with Crippen LogP contribution in [0.25, 0.3) is 0 Å². The standard InChI is InChI=1S/C17H24N2O3S/c1-19(13-4-7-18-8-5-13)17(20)6-11-23-14-2-3-15-16(12-14)22-10-9-21-15/h2-3,12-13,18H,4-11H2,1H3. The summed E-state index contributed by atoms with van der Waals surface area (Å²) >= 11 is 1.69. The molecular weight excluding hydrogens is 312 g/mol. The van der Waals surface area contributed by atoms with Crippen LogP contribution in [0.2, 0.25) is 0 Å². The highest BCUT2D eigenvalue weighted by atomic mass is 32.2. The van der Waals surface area contributed by atoms with Crippen molar-refractivity contribution >= 4 is 17.7 Å². The van der Waals surface area contributed by atoms with Gasteiger partial charge in [-0.1, -0.05) is 0 Å². The van der Waals surface area contributed by atoms with Crippen LogP contribution in [0.4, 0.5) is 0 Å². The molecule has 0 unspecified atom stereocenters. The summed E-state index contributed by atoms with van der Waals surface area (Å²) in [5.74, 6) is 2.64. The van der Waals surface area contributed by atoms with E-state index < -0.39 is 0 Å². The lowest BCUT2D eigenvalue weighted by molar-refractivity contribution is -0.131. The molecule has 0 radical (unpaired) electrons. The smallest absolute Gasteiger partial charge is 0.223 e. The van der Waals surface area contributed by atoms with E-state index in [4.69, 9.17) is 9.47 Å². The van der Waals surface area contributed by atoms with Gasteiger partial charge in [0.2, 0.25) is 5.91 Å². The highest BCUT2D eigenvalue weighted by molar-refractivity contribution is 7.99. The third kappa shape index (κ3) is 4.32. The minimum atomic E-state index is 0.238. The molecule has 0 aromatic heterocycles. The molecule has 0 spiro atoms. The SMILES string of the molecule is CN(C(=O)CCSc1ccc2c(c1)OCCO2)C1CCNCC1. The lowest BCUT2D eigenvalue weighted by Gasteiger charge is -2.31. The Morgan fingerprint density at radius 3 is 2.78 bits per heavy atom. The second-order valence-corrected chi connectivity index (χ2v) is 7.06. The highest BCUT2D eigenvalue weighted by Crippen LogP contribution is 2.34. The fraction of sp³-hybridized carbons (Fsp3) is 0.588. The zero-order valence-electron chi connectivity index (χ0n) is 13.5. The molecule has 0 saturated carbocycles. The first-order chi connectivity index (χ1) is 11.2. The molecule has 1 saturated heterocycles. The number of nitrogens with zero attached hydrogens (tertiary/aromatic N) is 1. The van der Waals surface area contributed by atoms with E-state index in [1.807, 2.05) is 30.1 Å². The minimum absolute atomic E-state index is 0.238. The number of ether oxygens (including phenoxy) is 2. The number of hydrogen-bond acceptors (Lipinski definition) is 5. The van der Waals surface area contributed by atoms with E-state index in [-0.39, 0.29) is 5.91 Å². The lowest BCUT2D eigenvalue weighted by atomic mass is 10.1. The van der Waals surface area contributed by atoms with Gasteiger partial charge in [-0.2, -0.15) is 0 Å². The molecular formula is C17H24N2O3S. The van der Waals surface area contributed by atoms with Crippen LogP contribution in [0.5, 0.6) is 11.5 Å². The first kappa shape index (κ1) is 16.5. The van der Waals surface area contributed by atoms with Crippen molar-refractivity contribution in [2.75, 3.05) is 39.1 Å². The van der Waals surface area contributed by atoms with E-state index >= 15 is 0 Å². The predicted molar refractivity (Wildman–Crippen MR) is 91.4 cm³/mol. The van der Waals surface area contributed by atoms with Gasteiger partial charge in [0.05, 0.1) is 0 Å². The van der Waals surface area contributed by atoms with Crippen molar-refractivity contribution in [3.8, 4) is 11.5 Å². The highest BCUT2D eigenvalue weighted by Gasteiger charge is 2.21. The summed E-state index contributed by atoms with van der Waals surface area (Å²) in [6.45, 7) is 3.22. The lowest BCUT2D eigenvalue weighted by Crippen LogP contribution is -2.44. The number of nitrogens with one attached hydrogen (secondary N) is 1. The molecule has 0 atom stereocenters. The van der Waals surface area contributed by atoms with Gasteiger partial charge in [-0.15, -0.1) is 11.8 Å². The molecule has 1 amide bonds. The molecule has 6 heteroatoms. The van der Waals surface area contributed by atoms with Crippen LogP contribution in [0.1, 0.15) is 19.3 Å². The van der Waals surface area contributed by atoms with E-state index in [0.717, 1.165) is 48.1 Å². The first-order valence-electron chi connectivity index (χ1n) is 8.23. The summed E-state index contributed by atoms with van der Waals surface area (Å²) < 4.78 is 11.1. The Balaban J connectivity index is 1.46. The van der Waals surface area contributed by atoms with Crippen LogP contribution in [0.3, 0.4) is 0 Å². The van der Waals surface area contributed by atoms with Gasteiger partial charge >= 0.3 is 0 Å². The van der Waals surface area contributed by atoms with E-state index in [0.29, 0.717) is 25.7 Å². The number of hydrogen-bond donors (Lipinski definition) is 1. The monoisotopic (exact) mass is 336 g/mol. The zero-order chi connectivity index (χ0) is 16.1. The fourth-order valence-corrected chi connectivity index (χ4v) is 3.81. The molecule has 2 aliphatic rings. The van der Waals surface area contributed by atoms with Crippen LogP contribution in [0, 0.1) is 0 Å². The number of fused-ring (bicyclic) bond motifs is 1. The maximum absolute atomic E-state index is 12.3. The molecule has 2 heterocycles. The third-order valence-electron chi connectivity index (χ3n) is 4.35. The predicted octanol–water partition coefficient (Wildman–Crippen LogP) is 2.15. The topological polar surface area (TPSA) is 50.8 Å². The van der Waals surface area contributed by atoms with Crippen molar-refractivity contribution in [3.63, 3.8) is 0 Å². The van der Waals surface area contributed by atoms with Crippen LogP contribution in [-0.4, -0.2) is 56.0 Å². The Morgan fingerprint density at radius 2 is 2.00 bits per heavy atom. The molecule has 1 aromatic carbocycles. The maximum Gasteiger partial charge on any atom is 0.223 e. The fourth-order valence-electron chi connectivity index (χ4n) is 2.94. The van der Waals surface area contributed by atoms with Crippen molar-refractivity contribution in [2.24, 2.45) is 0 Å².